The van der Waals surface area contributed by atoms with Crippen molar-refractivity contribution in [3.63, 3.8) is 0 Å². The van der Waals surface area contributed by atoms with E-state index in [1.54, 1.807) is 0 Å². The van der Waals surface area contributed by atoms with E-state index in [4.69, 9.17) is 0 Å². The molecule has 0 heterocycles. The largest absolute Gasteiger partial charge is 0.507 e. The van der Waals surface area contributed by atoms with Crippen molar-refractivity contribution in [1.82, 2.24) is 0 Å². The Morgan fingerprint density at radius 3 is 1.02 bits per heavy atom. The molecule has 0 radical (unpaired) electrons. The average Bonchev–Trinajstić information content (AvgIpc) is 3.23. The van der Waals surface area contributed by atoms with E-state index >= 15 is 0 Å². The predicted molar refractivity (Wildman–Crippen MR) is 267 cm³/mol. The normalized spacial score (nSPS) is 13.7. The van der Waals surface area contributed by atoms with Gasteiger partial charge in [-0.15, -0.1) is 0 Å². The Labute approximate surface area is 375 Å². The number of phenols is 2. The van der Waals surface area contributed by atoms with Gasteiger partial charge in [-0.2, -0.15) is 0 Å². The molecule has 60 heavy (non-hydrogen) atoms. The van der Waals surface area contributed by atoms with E-state index in [1.807, 2.05) is 6.92 Å². The summed E-state index contributed by atoms with van der Waals surface area (Å²) in [7, 11) is 0. The Morgan fingerprint density at radius 1 is 0.383 bits per heavy atom. The minimum Gasteiger partial charge on any atom is -0.507 e. The first-order chi connectivity index (χ1) is 29.2. The lowest BCUT2D eigenvalue weighted by Crippen LogP contribution is -2.25. The first-order valence-corrected chi connectivity index (χ1v) is 26.8. The molecule has 0 saturated heterocycles. The number of aryl methyl sites for hydroxylation is 5. The maximum Gasteiger partial charge on any atom is 0.122 e. The summed E-state index contributed by atoms with van der Waals surface area (Å²) in [5.41, 5.74) is 7.35. The van der Waals surface area contributed by atoms with Crippen LogP contribution in [0.3, 0.4) is 0 Å². The van der Waals surface area contributed by atoms with Crippen LogP contribution in [0.25, 0.3) is 0 Å². The number of hydrogen-bond acceptors (Lipinski definition) is 2. The maximum absolute atomic E-state index is 11.0. The minimum absolute atomic E-state index is 0.194. The van der Waals surface area contributed by atoms with Gasteiger partial charge in [-0.1, -0.05) is 268 Å². The molecule has 0 aliphatic heterocycles. The zero-order valence-corrected chi connectivity index (χ0v) is 41.3. The van der Waals surface area contributed by atoms with Gasteiger partial charge in [-0.05, 0) is 81.4 Å². The van der Waals surface area contributed by atoms with Gasteiger partial charge in [0.1, 0.15) is 11.5 Å². The fourth-order valence-corrected chi connectivity index (χ4v) is 10.1. The van der Waals surface area contributed by atoms with Crippen LogP contribution in [-0.2, 0) is 18.3 Å². The molecule has 1 fully saturated rings. The van der Waals surface area contributed by atoms with E-state index in [0.717, 1.165) is 18.4 Å². The molecule has 1 saturated carbocycles. The second-order valence-electron chi connectivity index (χ2n) is 20.1. The lowest BCUT2D eigenvalue weighted by molar-refractivity contribution is 0.307. The first kappa shape index (κ1) is 54.2. The minimum atomic E-state index is 0.194. The van der Waals surface area contributed by atoms with Crippen molar-refractivity contribution in [1.29, 1.82) is 0 Å². The van der Waals surface area contributed by atoms with Crippen molar-refractivity contribution in [2.45, 2.75) is 297 Å². The van der Waals surface area contributed by atoms with Crippen LogP contribution in [0.1, 0.15) is 292 Å². The van der Waals surface area contributed by atoms with Crippen LogP contribution in [0.5, 0.6) is 11.5 Å². The highest BCUT2D eigenvalue weighted by molar-refractivity contribution is 5.47. The molecule has 346 valence electrons. The monoisotopic (exact) mass is 831 g/mol. The topological polar surface area (TPSA) is 40.5 Å². The molecule has 2 heteroatoms. The van der Waals surface area contributed by atoms with Crippen molar-refractivity contribution in [3.8, 4) is 11.5 Å². The molecule has 2 N–H and O–H groups in total. The second kappa shape index (κ2) is 35.5. The summed E-state index contributed by atoms with van der Waals surface area (Å²) in [6.07, 6.45) is 53.5. The second-order valence-corrected chi connectivity index (χ2v) is 20.1. The first-order valence-electron chi connectivity index (χ1n) is 26.8. The summed E-state index contributed by atoms with van der Waals surface area (Å²) >= 11 is 0. The molecule has 0 unspecified atom stereocenters. The SMILES string of the molecule is CCCCCCCCCCCCCCCCCCc1cc(C)cc(CCCCCCCCCCCCCCCCCC)c1O.Cc1cc(C)c(O)c(C2(C)CCCCC2)c1. The highest BCUT2D eigenvalue weighted by Gasteiger charge is 2.31. The quantitative estimate of drug-likeness (QED) is 0.0680. The van der Waals surface area contributed by atoms with Crippen LogP contribution in [0.4, 0.5) is 0 Å². The zero-order valence-electron chi connectivity index (χ0n) is 41.3. The molecule has 2 aromatic carbocycles. The van der Waals surface area contributed by atoms with E-state index in [2.05, 4.69) is 58.9 Å². The summed E-state index contributed by atoms with van der Waals surface area (Å²) in [6.45, 7) is 13.2. The summed E-state index contributed by atoms with van der Waals surface area (Å²) in [4.78, 5) is 0. The number of unbranched alkanes of at least 4 members (excludes halogenated alkanes) is 30. The Bertz CT molecular complexity index is 1250. The smallest absolute Gasteiger partial charge is 0.122 e. The van der Waals surface area contributed by atoms with Crippen molar-refractivity contribution in [2.75, 3.05) is 0 Å². The van der Waals surface area contributed by atoms with Gasteiger partial charge in [0.05, 0.1) is 0 Å². The Kier molecular flexibility index (Phi) is 32.0. The number of aromatic hydroxyl groups is 2. The van der Waals surface area contributed by atoms with E-state index < -0.39 is 0 Å². The van der Waals surface area contributed by atoms with Gasteiger partial charge in [0.2, 0.25) is 0 Å². The highest BCUT2D eigenvalue weighted by Crippen LogP contribution is 2.44. The fourth-order valence-electron chi connectivity index (χ4n) is 10.1. The van der Waals surface area contributed by atoms with Crippen molar-refractivity contribution in [3.05, 3.63) is 57.6 Å². The number of hydrogen-bond donors (Lipinski definition) is 2. The van der Waals surface area contributed by atoms with Crippen LogP contribution in [0.2, 0.25) is 0 Å². The zero-order chi connectivity index (χ0) is 43.5. The third-order valence-corrected chi connectivity index (χ3v) is 14.1. The lowest BCUT2D eigenvalue weighted by atomic mass is 9.70. The van der Waals surface area contributed by atoms with E-state index in [1.165, 1.54) is 265 Å². The molecule has 1 aliphatic carbocycles. The number of rotatable bonds is 35. The van der Waals surface area contributed by atoms with Crippen molar-refractivity contribution >= 4 is 0 Å². The Hall–Kier alpha value is -1.96. The van der Waals surface area contributed by atoms with Crippen molar-refractivity contribution < 1.29 is 10.2 Å². The molecule has 1 aliphatic rings. The van der Waals surface area contributed by atoms with Gasteiger partial charge < -0.3 is 10.2 Å². The van der Waals surface area contributed by atoms with Crippen LogP contribution < -0.4 is 0 Å². The third kappa shape index (κ3) is 25.2. The fraction of sp³-hybridized carbons (Fsp3) is 0.793. The molecule has 0 aromatic heterocycles. The molecule has 2 aromatic rings. The summed E-state index contributed by atoms with van der Waals surface area (Å²) in [5, 5.41) is 21.2. The lowest BCUT2D eigenvalue weighted by Gasteiger charge is -2.35. The van der Waals surface area contributed by atoms with Crippen LogP contribution in [0.15, 0.2) is 24.3 Å². The van der Waals surface area contributed by atoms with Gasteiger partial charge in [-0.3, -0.25) is 0 Å². The molecule has 0 atom stereocenters. The van der Waals surface area contributed by atoms with Crippen LogP contribution in [-0.4, -0.2) is 10.2 Å². The standard InChI is InChI=1S/C43H80O.C15H22O/c1-4-6-8-10-12-14-16-18-20-22-24-26-28-30-32-34-36-41-38-40(3)39-42(43(41)44)37-35-33-31-29-27-25-23-21-19-17-15-13-11-9-7-5-2;1-11-9-12(2)14(16)13(10-11)15(3)7-5-4-6-8-15/h38-39,44H,4-37H2,1-3H3;9-10,16H,4-8H2,1-3H3. The molecular formula is C58H102O2. The molecule has 0 spiro atoms. The van der Waals surface area contributed by atoms with Gasteiger partial charge in [0.25, 0.3) is 0 Å². The van der Waals surface area contributed by atoms with Crippen molar-refractivity contribution in [2.24, 2.45) is 0 Å². The molecule has 3 rings (SSSR count). The number of phenolic OH excluding ortho intramolecular Hbond substituents is 2. The Morgan fingerprint density at radius 2 is 0.683 bits per heavy atom. The Balaban J connectivity index is 0.000000638. The molecule has 2 nitrogen and oxygen atoms in total. The number of benzene rings is 2. The van der Waals surface area contributed by atoms with E-state index in [0.29, 0.717) is 11.5 Å². The maximum atomic E-state index is 11.0. The summed E-state index contributed by atoms with van der Waals surface area (Å²) < 4.78 is 0. The summed E-state index contributed by atoms with van der Waals surface area (Å²) in [6, 6.07) is 8.70. The average molecular weight is 831 g/mol. The van der Waals surface area contributed by atoms with E-state index in [9.17, 15) is 10.2 Å². The van der Waals surface area contributed by atoms with Crippen LogP contribution >= 0.6 is 0 Å². The van der Waals surface area contributed by atoms with Gasteiger partial charge >= 0.3 is 0 Å². The highest BCUT2D eigenvalue weighted by atomic mass is 16.3. The van der Waals surface area contributed by atoms with Gasteiger partial charge in [0.15, 0.2) is 0 Å². The molecule has 0 amide bonds. The van der Waals surface area contributed by atoms with E-state index in [-0.39, 0.29) is 5.41 Å². The predicted octanol–water partition coefficient (Wildman–Crippen LogP) is 19.5. The molecule has 0 bridgehead atoms. The molecular weight excluding hydrogens is 729 g/mol. The summed E-state index contributed by atoms with van der Waals surface area (Å²) in [5.74, 6) is 1.13. The van der Waals surface area contributed by atoms with Gasteiger partial charge in [0, 0.05) is 5.56 Å². The van der Waals surface area contributed by atoms with Gasteiger partial charge in [-0.25, -0.2) is 0 Å². The van der Waals surface area contributed by atoms with Crippen LogP contribution in [0, 0.1) is 20.8 Å². The third-order valence-electron chi connectivity index (χ3n) is 14.1.